The van der Waals surface area contributed by atoms with Gasteiger partial charge < -0.3 is 5.73 Å². The van der Waals surface area contributed by atoms with Gasteiger partial charge in [-0.2, -0.15) is 0 Å². The molecule has 2 N–H and O–H groups in total. The summed E-state index contributed by atoms with van der Waals surface area (Å²) < 4.78 is 13.6. The zero-order chi connectivity index (χ0) is 14.2. The molecule has 1 atom stereocenters. The highest BCUT2D eigenvalue weighted by atomic mass is 32.2. The molecule has 0 aliphatic carbocycles. The molecular weight excluding hydrogens is 269 g/mol. The summed E-state index contributed by atoms with van der Waals surface area (Å²) in [6, 6.07) is 17.3. The molecule has 1 unspecified atom stereocenters. The molecule has 0 fully saturated rings. The topological polar surface area (TPSA) is 26.0 Å². The van der Waals surface area contributed by atoms with E-state index in [1.807, 2.05) is 42.1 Å². The van der Waals surface area contributed by atoms with Crippen LogP contribution in [0.15, 0.2) is 59.5 Å². The second-order valence-corrected chi connectivity index (χ2v) is 6.02. The summed E-state index contributed by atoms with van der Waals surface area (Å²) in [5.74, 6) is 1.23. The third kappa shape index (κ3) is 4.66. The minimum absolute atomic E-state index is 0.123. The van der Waals surface area contributed by atoms with Crippen molar-refractivity contribution in [3.63, 3.8) is 0 Å². The lowest BCUT2D eigenvalue weighted by molar-refractivity contribution is 0.504. The van der Waals surface area contributed by atoms with Crippen molar-refractivity contribution in [2.24, 2.45) is 11.7 Å². The largest absolute Gasteiger partial charge is 0.330 e. The highest BCUT2D eigenvalue weighted by Crippen LogP contribution is 2.22. The van der Waals surface area contributed by atoms with E-state index in [-0.39, 0.29) is 5.82 Å². The molecule has 106 valence electrons. The molecule has 0 radical (unpaired) electrons. The zero-order valence-corrected chi connectivity index (χ0v) is 12.3. The van der Waals surface area contributed by atoms with E-state index in [9.17, 15) is 4.39 Å². The molecule has 0 saturated carbocycles. The van der Waals surface area contributed by atoms with Crippen LogP contribution >= 0.6 is 11.8 Å². The molecule has 1 nitrogen and oxygen atoms in total. The molecule has 0 aromatic heterocycles. The summed E-state index contributed by atoms with van der Waals surface area (Å²) in [6.45, 7) is 0.601. The van der Waals surface area contributed by atoms with Crippen molar-refractivity contribution >= 4 is 11.8 Å². The highest BCUT2D eigenvalue weighted by Gasteiger charge is 2.10. The minimum atomic E-state index is -0.123. The van der Waals surface area contributed by atoms with Crippen LogP contribution < -0.4 is 5.73 Å². The number of halogens is 1. The Morgan fingerprint density at radius 1 is 1.00 bits per heavy atom. The van der Waals surface area contributed by atoms with Crippen LogP contribution in [0.25, 0.3) is 0 Å². The van der Waals surface area contributed by atoms with E-state index in [1.165, 1.54) is 11.0 Å². The second-order valence-electron chi connectivity index (χ2n) is 4.85. The Balaban J connectivity index is 1.82. The van der Waals surface area contributed by atoms with Gasteiger partial charge in [-0.05, 0) is 54.8 Å². The van der Waals surface area contributed by atoms with Crippen molar-refractivity contribution in [2.75, 3.05) is 12.3 Å². The van der Waals surface area contributed by atoms with Crippen molar-refractivity contribution in [3.8, 4) is 0 Å². The smallest absolute Gasteiger partial charge is 0.126 e. The zero-order valence-electron chi connectivity index (χ0n) is 11.5. The average molecular weight is 289 g/mol. The third-order valence-electron chi connectivity index (χ3n) is 3.34. The summed E-state index contributed by atoms with van der Waals surface area (Å²) in [4.78, 5) is 1.27. The van der Waals surface area contributed by atoms with Crippen molar-refractivity contribution in [3.05, 3.63) is 66.0 Å². The molecule has 0 bridgehead atoms. The van der Waals surface area contributed by atoms with Crippen LogP contribution in [0.5, 0.6) is 0 Å². The van der Waals surface area contributed by atoms with Crippen molar-refractivity contribution in [1.29, 1.82) is 0 Å². The van der Waals surface area contributed by atoms with Crippen LogP contribution in [0.2, 0.25) is 0 Å². The molecule has 2 aromatic carbocycles. The Bertz CT molecular complexity index is 515. The maximum absolute atomic E-state index is 13.6. The SMILES string of the molecule is NCC(CCSc1ccccc1)Cc1ccccc1F. The van der Waals surface area contributed by atoms with Gasteiger partial charge in [0.25, 0.3) is 0 Å². The van der Waals surface area contributed by atoms with E-state index in [2.05, 4.69) is 12.1 Å². The van der Waals surface area contributed by atoms with Gasteiger partial charge in [-0.3, -0.25) is 0 Å². The lowest BCUT2D eigenvalue weighted by Gasteiger charge is -2.15. The van der Waals surface area contributed by atoms with E-state index in [0.717, 1.165) is 24.2 Å². The lowest BCUT2D eigenvalue weighted by Crippen LogP contribution is -2.18. The molecule has 0 saturated heterocycles. The Morgan fingerprint density at radius 2 is 1.70 bits per heavy atom. The van der Waals surface area contributed by atoms with Crippen LogP contribution in [0.4, 0.5) is 4.39 Å². The van der Waals surface area contributed by atoms with E-state index in [1.54, 1.807) is 6.07 Å². The van der Waals surface area contributed by atoms with Gasteiger partial charge in [-0.1, -0.05) is 36.4 Å². The molecular formula is C17H20FNS. The molecule has 0 spiro atoms. The van der Waals surface area contributed by atoms with Gasteiger partial charge in [-0.15, -0.1) is 11.8 Å². The van der Waals surface area contributed by atoms with Crippen LogP contribution in [0.1, 0.15) is 12.0 Å². The summed E-state index contributed by atoms with van der Waals surface area (Å²) in [5, 5.41) is 0. The lowest BCUT2D eigenvalue weighted by atomic mass is 9.97. The average Bonchev–Trinajstić information content (AvgIpc) is 2.49. The van der Waals surface area contributed by atoms with Gasteiger partial charge in [-0.25, -0.2) is 4.39 Å². The maximum atomic E-state index is 13.6. The number of hydrogen-bond donors (Lipinski definition) is 1. The Kier molecular flexibility index (Phi) is 6.09. The Morgan fingerprint density at radius 3 is 2.40 bits per heavy atom. The van der Waals surface area contributed by atoms with Gasteiger partial charge >= 0.3 is 0 Å². The molecule has 2 rings (SSSR count). The van der Waals surface area contributed by atoms with E-state index >= 15 is 0 Å². The first-order chi connectivity index (χ1) is 9.79. The normalized spacial score (nSPS) is 12.3. The van der Waals surface area contributed by atoms with Crippen LogP contribution in [-0.4, -0.2) is 12.3 Å². The van der Waals surface area contributed by atoms with Gasteiger partial charge in [0.2, 0.25) is 0 Å². The predicted octanol–water partition coefficient (Wildman–Crippen LogP) is 4.13. The molecule has 0 amide bonds. The fourth-order valence-electron chi connectivity index (χ4n) is 2.14. The fraction of sp³-hybridized carbons (Fsp3) is 0.294. The molecule has 0 heterocycles. The van der Waals surface area contributed by atoms with Gasteiger partial charge in [0.15, 0.2) is 0 Å². The van der Waals surface area contributed by atoms with E-state index in [4.69, 9.17) is 5.73 Å². The quantitative estimate of drug-likeness (QED) is 0.776. The highest BCUT2D eigenvalue weighted by molar-refractivity contribution is 7.99. The predicted molar refractivity (Wildman–Crippen MR) is 84.4 cm³/mol. The number of nitrogens with two attached hydrogens (primary N) is 1. The monoisotopic (exact) mass is 289 g/mol. The minimum Gasteiger partial charge on any atom is -0.330 e. The van der Waals surface area contributed by atoms with Crippen LogP contribution in [-0.2, 0) is 6.42 Å². The van der Waals surface area contributed by atoms with Crippen molar-refractivity contribution < 1.29 is 4.39 Å². The van der Waals surface area contributed by atoms with Crippen LogP contribution in [0, 0.1) is 11.7 Å². The summed E-state index contributed by atoms with van der Waals surface area (Å²) >= 11 is 1.83. The van der Waals surface area contributed by atoms with Crippen molar-refractivity contribution in [1.82, 2.24) is 0 Å². The number of hydrogen-bond acceptors (Lipinski definition) is 2. The van der Waals surface area contributed by atoms with Gasteiger partial charge in [0.1, 0.15) is 5.82 Å². The van der Waals surface area contributed by atoms with Gasteiger partial charge in [0.05, 0.1) is 0 Å². The first kappa shape index (κ1) is 15.1. The standard InChI is InChI=1S/C17H20FNS/c18-17-9-5-4-6-15(17)12-14(13-19)10-11-20-16-7-2-1-3-8-16/h1-9,14H,10-13,19H2. The number of thioether (sulfide) groups is 1. The molecule has 0 aliphatic rings. The fourth-order valence-corrected chi connectivity index (χ4v) is 3.17. The third-order valence-corrected chi connectivity index (χ3v) is 4.38. The molecule has 20 heavy (non-hydrogen) atoms. The summed E-state index contributed by atoms with van der Waals surface area (Å²) in [6.07, 6.45) is 1.73. The molecule has 0 aliphatic heterocycles. The van der Waals surface area contributed by atoms with Gasteiger partial charge in [0, 0.05) is 4.90 Å². The summed E-state index contributed by atoms with van der Waals surface area (Å²) in [5.41, 5.74) is 6.59. The molecule has 2 aromatic rings. The summed E-state index contributed by atoms with van der Waals surface area (Å²) in [7, 11) is 0. The Hall–Kier alpha value is -1.32. The first-order valence-corrected chi connectivity index (χ1v) is 7.89. The van der Waals surface area contributed by atoms with E-state index < -0.39 is 0 Å². The molecule has 3 heteroatoms. The number of rotatable bonds is 7. The first-order valence-electron chi connectivity index (χ1n) is 6.91. The van der Waals surface area contributed by atoms with E-state index in [0.29, 0.717) is 12.5 Å². The van der Waals surface area contributed by atoms with Crippen molar-refractivity contribution in [2.45, 2.75) is 17.7 Å². The second kappa shape index (κ2) is 8.08. The van der Waals surface area contributed by atoms with Crippen LogP contribution in [0.3, 0.4) is 0 Å². The number of benzene rings is 2. The maximum Gasteiger partial charge on any atom is 0.126 e. The Labute approximate surface area is 124 Å².